The smallest absolute Gasteiger partial charge is 0.268 e. The van der Waals surface area contributed by atoms with Crippen molar-refractivity contribution in [3.8, 4) is 0 Å². The second-order valence-corrected chi connectivity index (χ2v) is 7.00. The third-order valence-electron chi connectivity index (χ3n) is 1.90. The number of rotatable bonds is 2. The van der Waals surface area contributed by atoms with Gasteiger partial charge in [-0.3, -0.25) is 9.69 Å². The summed E-state index contributed by atoms with van der Waals surface area (Å²) in [6, 6.07) is 0. The average molecular weight is 275 g/mol. The van der Waals surface area contributed by atoms with Crippen molar-refractivity contribution in [2.75, 3.05) is 18.1 Å². The van der Waals surface area contributed by atoms with Gasteiger partial charge in [-0.15, -0.1) is 30.1 Å². The molecule has 0 atom stereocenters. The molecule has 2 aliphatic heterocycles. The third-order valence-corrected chi connectivity index (χ3v) is 6.32. The lowest BCUT2D eigenvalue weighted by molar-refractivity contribution is -0.121. The number of hydrogen-bond donors (Lipinski definition) is 0. The summed E-state index contributed by atoms with van der Waals surface area (Å²) in [7, 11) is 0. The van der Waals surface area contributed by atoms with E-state index < -0.39 is 0 Å². The largest absolute Gasteiger partial charge is 0.289 e. The summed E-state index contributed by atoms with van der Waals surface area (Å²) in [4.78, 5) is 14.4. The van der Waals surface area contributed by atoms with Crippen LogP contribution in [0.3, 0.4) is 0 Å². The Morgan fingerprint density at radius 2 is 2.13 bits per heavy atom. The third kappa shape index (κ3) is 2.27. The Balaban J connectivity index is 2.24. The van der Waals surface area contributed by atoms with Crippen molar-refractivity contribution in [3.05, 3.63) is 21.8 Å². The van der Waals surface area contributed by atoms with Crippen molar-refractivity contribution in [3.63, 3.8) is 0 Å². The molecule has 2 aliphatic rings. The summed E-state index contributed by atoms with van der Waals surface area (Å²) in [6.07, 6.45) is 1.70. The Bertz CT molecular complexity index is 355. The summed E-state index contributed by atoms with van der Waals surface area (Å²) in [5, 5.41) is 0. The van der Waals surface area contributed by atoms with Crippen LogP contribution in [0.1, 0.15) is 0 Å². The van der Waals surface area contributed by atoms with Crippen LogP contribution < -0.4 is 0 Å². The van der Waals surface area contributed by atoms with Gasteiger partial charge in [0.05, 0.1) is 9.14 Å². The first kappa shape index (κ1) is 11.6. The van der Waals surface area contributed by atoms with Crippen molar-refractivity contribution in [2.45, 2.75) is 0 Å². The van der Waals surface area contributed by atoms with Crippen molar-refractivity contribution in [2.24, 2.45) is 0 Å². The molecule has 0 spiro atoms. The van der Waals surface area contributed by atoms with Crippen molar-refractivity contribution in [1.29, 1.82) is 0 Å². The van der Waals surface area contributed by atoms with E-state index in [1.165, 1.54) is 11.8 Å². The molecule has 0 aromatic heterocycles. The van der Waals surface area contributed by atoms with E-state index in [2.05, 4.69) is 6.58 Å². The average Bonchev–Trinajstić information content (AvgIpc) is 2.81. The summed E-state index contributed by atoms with van der Waals surface area (Å²) >= 11 is 10.1. The highest BCUT2D eigenvalue weighted by Crippen LogP contribution is 2.45. The number of amides is 1. The molecule has 0 saturated carbocycles. The minimum atomic E-state index is 0.0433. The van der Waals surface area contributed by atoms with Crippen LogP contribution in [0, 0.1) is 0 Å². The normalized spacial score (nSPS) is 21.7. The van der Waals surface area contributed by atoms with Gasteiger partial charge in [-0.1, -0.05) is 30.1 Å². The molecular formula is C9H9NOS4. The van der Waals surface area contributed by atoms with Gasteiger partial charge in [0.25, 0.3) is 5.91 Å². The van der Waals surface area contributed by atoms with Gasteiger partial charge in [0, 0.05) is 18.1 Å². The van der Waals surface area contributed by atoms with E-state index >= 15 is 0 Å². The van der Waals surface area contributed by atoms with Crippen molar-refractivity contribution >= 4 is 57.7 Å². The topological polar surface area (TPSA) is 20.3 Å². The quantitative estimate of drug-likeness (QED) is 0.437. The van der Waals surface area contributed by atoms with E-state index in [1.54, 1.807) is 34.5 Å². The van der Waals surface area contributed by atoms with Crippen LogP contribution in [-0.2, 0) is 4.79 Å². The zero-order valence-corrected chi connectivity index (χ0v) is 11.2. The maximum atomic E-state index is 12.0. The first-order valence-corrected chi connectivity index (χ1v) is 7.58. The van der Waals surface area contributed by atoms with Gasteiger partial charge >= 0.3 is 0 Å². The van der Waals surface area contributed by atoms with Crippen molar-refractivity contribution in [1.82, 2.24) is 4.90 Å². The van der Waals surface area contributed by atoms with E-state index in [-0.39, 0.29) is 5.91 Å². The molecule has 2 saturated heterocycles. The predicted octanol–water partition coefficient (Wildman–Crippen LogP) is 2.68. The molecule has 15 heavy (non-hydrogen) atoms. The first-order chi connectivity index (χ1) is 7.24. The molecular weight excluding hydrogens is 266 g/mol. The molecule has 0 radical (unpaired) electrons. The molecule has 2 nitrogen and oxygen atoms in total. The van der Waals surface area contributed by atoms with Crippen LogP contribution in [0.15, 0.2) is 21.8 Å². The number of carbonyl (C=O) groups is 1. The van der Waals surface area contributed by atoms with Gasteiger partial charge < -0.3 is 0 Å². The number of thioether (sulfide) groups is 3. The van der Waals surface area contributed by atoms with Crippen LogP contribution in [0.2, 0.25) is 0 Å². The summed E-state index contributed by atoms with van der Waals surface area (Å²) in [6.45, 7) is 4.14. The number of carbonyl (C=O) groups excluding carboxylic acids is 1. The van der Waals surface area contributed by atoms with Gasteiger partial charge in [-0.25, -0.2) is 0 Å². The highest BCUT2D eigenvalue weighted by Gasteiger charge is 2.34. The molecule has 2 heterocycles. The predicted molar refractivity (Wildman–Crippen MR) is 74.0 cm³/mol. The molecule has 1 amide bonds. The molecule has 0 unspecified atom stereocenters. The maximum Gasteiger partial charge on any atom is 0.268 e. The van der Waals surface area contributed by atoms with Gasteiger partial charge in [-0.2, -0.15) is 0 Å². The summed E-state index contributed by atoms with van der Waals surface area (Å²) in [5.74, 6) is 2.22. The van der Waals surface area contributed by atoms with Gasteiger partial charge in [0.15, 0.2) is 0 Å². The number of nitrogens with zero attached hydrogens (tertiary/aromatic N) is 1. The molecule has 80 valence electrons. The summed E-state index contributed by atoms with van der Waals surface area (Å²) in [5.41, 5.74) is 0. The number of hydrogen-bond acceptors (Lipinski definition) is 5. The van der Waals surface area contributed by atoms with Crippen LogP contribution in [0.25, 0.3) is 0 Å². The molecule has 6 heteroatoms. The van der Waals surface area contributed by atoms with E-state index in [1.807, 2.05) is 0 Å². The van der Waals surface area contributed by atoms with Gasteiger partial charge in [0.1, 0.15) is 4.32 Å². The molecule has 0 aromatic carbocycles. The SMILES string of the molecule is C=CCN1C(=O)C(=C2SCCS2)SC1=S. The highest BCUT2D eigenvalue weighted by atomic mass is 32.2. The first-order valence-electron chi connectivity index (χ1n) is 4.38. The van der Waals surface area contributed by atoms with Crippen molar-refractivity contribution < 1.29 is 4.79 Å². The fourth-order valence-electron chi connectivity index (χ4n) is 1.25. The maximum absolute atomic E-state index is 12.0. The Labute approximate surface area is 107 Å². The Kier molecular flexibility index (Phi) is 3.82. The Morgan fingerprint density at radius 3 is 2.73 bits per heavy atom. The molecule has 0 aromatic rings. The molecule has 0 aliphatic carbocycles. The number of thiocarbonyl (C=S) groups is 1. The zero-order chi connectivity index (χ0) is 10.8. The Morgan fingerprint density at radius 1 is 1.47 bits per heavy atom. The monoisotopic (exact) mass is 275 g/mol. The lowest BCUT2D eigenvalue weighted by Crippen LogP contribution is -2.27. The van der Waals surface area contributed by atoms with Crippen LogP contribution >= 0.6 is 47.5 Å². The van der Waals surface area contributed by atoms with Gasteiger partial charge in [0.2, 0.25) is 0 Å². The lowest BCUT2D eigenvalue weighted by atomic mass is 10.5. The van der Waals surface area contributed by atoms with Crippen LogP contribution in [0.4, 0.5) is 0 Å². The minimum Gasteiger partial charge on any atom is -0.289 e. The molecule has 0 bridgehead atoms. The second kappa shape index (κ2) is 4.95. The lowest BCUT2D eigenvalue weighted by Gasteiger charge is -2.10. The second-order valence-electron chi connectivity index (χ2n) is 2.89. The van der Waals surface area contributed by atoms with Crippen LogP contribution in [0.5, 0.6) is 0 Å². The molecule has 0 N–H and O–H groups in total. The van der Waals surface area contributed by atoms with E-state index in [0.717, 1.165) is 20.6 Å². The standard InChI is InChI=1S/C9H9NOS4/c1-2-3-10-7(11)6(15-9(10)12)8-13-4-5-14-8/h2H,1,3-5H2. The fraction of sp³-hybridized carbons (Fsp3) is 0.333. The van der Waals surface area contributed by atoms with E-state index in [9.17, 15) is 4.79 Å². The summed E-state index contributed by atoms with van der Waals surface area (Å²) < 4.78 is 1.79. The van der Waals surface area contributed by atoms with E-state index in [4.69, 9.17) is 12.2 Å². The minimum absolute atomic E-state index is 0.0433. The van der Waals surface area contributed by atoms with Gasteiger partial charge in [-0.05, 0) is 0 Å². The zero-order valence-electron chi connectivity index (χ0n) is 7.89. The van der Waals surface area contributed by atoms with E-state index in [0.29, 0.717) is 10.9 Å². The Hall–Kier alpha value is 0.0900. The fourth-order valence-corrected chi connectivity index (χ4v) is 5.29. The molecule has 2 fully saturated rings. The molecule has 2 rings (SSSR count). The highest BCUT2D eigenvalue weighted by molar-refractivity contribution is 8.30. The van der Waals surface area contributed by atoms with Crippen LogP contribution in [-0.4, -0.2) is 33.2 Å².